The molecule has 1 aromatic carbocycles. The average molecular weight is 266 g/mol. The summed E-state index contributed by atoms with van der Waals surface area (Å²) in [6.45, 7) is 3.87. The van der Waals surface area contributed by atoms with Gasteiger partial charge in [-0.2, -0.15) is 0 Å². The fourth-order valence-corrected chi connectivity index (χ4v) is 2.61. The van der Waals surface area contributed by atoms with Crippen molar-refractivity contribution in [1.82, 2.24) is 0 Å². The van der Waals surface area contributed by atoms with Crippen LogP contribution in [0.5, 0.6) is 0 Å². The van der Waals surface area contributed by atoms with Crippen LogP contribution in [0.1, 0.15) is 25.7 Å². The Morgan fingerprint density at radius 3 is 2.50 bits per heavy atom. The number of hydrogen-bond donors (Lipinski definition) is 0. The molecule has 4 heteroatoms. The van der Waals surface area contributed by atoms with Crippen molar-refractivity contribution in [1.29, 1.82) is 0 Å². The number of aryl methyl sites for hydroxylation is 2. The summed E-state index contributed by atoms with van der Waals surface area (Å²) in [5.41, 5.74) is 1.29. The highest BCUT2D eigenvalue weighted by Gasteiger charge is 2.14. The van der Waals surface area contributed by atoms with Crippen molar-refractivity contribution in [3.8, 4) is 0 Å². The zero-order valence-electron chi connectivity index (χ0n) is 10.1. The molecule has 0 unspecified atom stereocenters. The Bertz CT molecular complexity index is 582. The molecule has 2 aromatic rings. The van der Waals surface area contributed by atoms with Gasteiger partial charge in [0.1, 0.15) is 11.6 Å². The smallest absolute Gasteiger partial charge is 0.177 e. The van der Waals surface area contributed by atoms with Crippen LogP contribution in [0.4, 0.5) is 8.78 Å². The van der Waals surface area contributed by atoms with Crippen molar-refractivity contribution in [2.75, 3.05) is 0 Å². The molecule has 0 aliphatic rings. The van der Waals surface area contributed by atoms with Crippen LogP contribution in [-0.2, 0) is 6.42 Å². The standard InChI is InChI=1S/C14H12F2OS/c1-8-5-14(18-9(8)2)13(17)6-10-3-4-11(15)7-12(10)16/h3-5,7H,6H2,1-2H3. The molecule has 0 bridgehead atoms. The lowest BCUT2D eigenvalue weighted by Crippen LogP contribution is -2.03. The molecule has 0 atom stereocenters. The van der Waals surface area contributed by atoms with E-state index in [0.717, 1.165) is 22.6 Å². The van der Waals surface area contributed by atoms with Crippen molar-refractivity contribution in [2.45, 2.75) is 20.3 Å². The lowest BCUT2D eigenvalue weighted by molar-refractivity contribution is 0.0995. The van der Waals surface area contributed by atoms with Crippen LogP contribution in [0.2, 0.25) is 0 Å². The summed E-state index contributed by atoms with van der Waals surface area (Å²) in [6.07, 6.45) is -0.0362. The second-order valence-corrected chi connectivity index (χ2v) is 5.44. The van der Waals surface area contributed by atoms with Gasteiger partial charge in [-0.3, -0.25) is 4.79 Å². The molecule has 0 saturated heterocycles. The van der Waals surface area contributed by atoms with Gasteiger partial charge in [-0.15, -0.1) is 11.3 Å². The maximum absolute atomic E-state index is 13.4. The highest BCUT2D eigenvalue weighted by Crippen LogP contribution is 2.22. The monoisotopic (exact) mass is 266 g/mol. The summed E-state index contributed by atoms with van der Waals surface area (Å²) in [7, 11) is 0. The van der Waals surface area contributed by atoms with Crippen LogP contribution < -0.4 is 0 Å². The van der Waals surface area contributed by atoms with Gasteiger partial charge in [0.05, 0.1) is 4.88 Å². The number of Topliss-reactive ketones (excluding diaryl/α,β-unsaturated/α-hetero) is 1. The molecular weight excluding hydrogens is 254 g/mol. The Labute approximate surface area is 108 Å². The minimum atomic E-state index is -0.673. The molecule has 1 nitrogen and oxygen atoms in total. The topological polar surface area (TPSA) is 17.1 Å². The van der Waals surface area contributed by atoms with Gasteiger partial charge in [0.25, 0.3) is 0 Å². The van der Waals surface area contributed by atoms with E-state index in [1.807, 2.05) is 19.9 Å². The third-order valence-corrected chi connectivity index (χ3v) is 4.00. The predicted molar refractivity (Wildman–Crippen MR) is 68.2 cm³/mol. The third-order valence-electron chi connectivity index (χ3n) is 2.81. The number of benzene rings is 1. The number of ketones is 1. The molecule has 94 valence electrons. The van der Waals surface area contributed by atoms with Crippen LogP contribution in [0.3, 0.4) is 0 Å². The van der Waals surface area contributed by atoms with Gasteiger partial charge in [0, 0.05) is 17.4 Å². The van der Waals surface area contributed by atoms with Gasteiger partial charge in [0.15, 0.2) is 5.78 Å². The van der Waals surface area contributed by atoms with Gasteiger partial charge in [-0.1, -0.05) is 6.07 Å². The first-order valence-corrected chi connectivity index (χ1v) is 6.33. The zero-order chi connectivity index (χ0) is 13.3. The molecule has 1 aromatic heterocycles. The quantitative estimate of drug-likeness (QED) is 0.765. The highest BCUT2D eigenvalue weighted by molar-refractivity contribution is 7.14. The summed E-state index contributed by atoms with van der Waals surface area (Å²) in [5.74, 6) is -1.44. The fraction of sp³-hybridized carbons (Fsp3) is 0.214. The predicted octanol–water partition coefficient (Wildman–Crippen LogP) is 4.07. The van der Waals surface area contributed by atoms with Gasteiger partial charge in [0.2, 0.25) is 0 Å². The summed E-state index contributed by atoms with van der Waals surface area (Å²) in [4.78, 5) is 13.7. The van der Waals surface area contributed by atoms with E-state index in [1.54, 1.807) is 0 Å². The molecule has 18 heavy (non-hydrogen) atoms. The van der Waals surface area contributed by atoms with E-state index in [-0.39, 0.29) is 17.8 Å². The summed E-state index contributed by atoms with van der Waals surface area (Å²) >= 11 is 1.40. The average Bonchev–Trinajstić information content (AvgIpc) is 2.63. The van der Waals surface area contributed by atoms with Gasteiger partial charge in [-0.25, -0.2) is 8.78 Å². The van der Waals surface area contributed by atoms with E-state index in [2.05, 4.69) is 0 Å². The van der Waals surface area contributed by atoms with Crippen molar-refractivity contribution in [2.24, 2.45) is 0 Å². The van der Waals surface area contributed by atoms with Crippen molar-refractivity contribution < 1.29 is 13.6 Å². The molecule has 2 rings (SSSR count). The molecule has 0 spiro atoms. The number of carbonyl (C=O) groups excluding carboxylic acids is 1. The van der Waals surface area contributed by atoms with E-state index in [1.165, 1.54) is 17.4 Å². The van der Waals surface area contributed by atoms with E-state index in [9.17, 15) is 13.6 Å². The van der Waals surface area contributed by atoms with Crippen LogP contribution in [0, 0.1) is 25.5 Å². The molecule has 0 aliphatic carbocycles. The Morgan fingerprint density at radius 1 is 1.22 bits per heavy atom. The molecule has 1 heterocycles. The SMILES string of the molecule is Cc1cc(C(=O)Cc2ccc(F)cc2F)sc1C. The Hall–Kier alpha value is -1.55. The zero-order valence-corrected chi connectivity index (χ0v) is 10.9. The summed E-state index contributed by atoms with van der Waals surface area (Å²) in [6, 6.07) is 5.09. The minimum Gasteiger partial charge on any atom is -0.293 e. The second-order valence-electron chi connectivity index (χ2n) is 4.19. The number of carbonyl (C=O) groups is 1. The first-order chi connectivity index (χ1) is 8.47. The van der Waals surface area contributed by atoms with Crippen LogP contribution in [0.15, 0.2) is 24.3 Å². The molecule has 0 fully saturated rings. The Kier molecular flexibility index (Phi) is 3.57. The largest absolute Gasteiger partial charge is 0.293 e. The maximum atomic E-state index is 13.4. The van der Waals surface area contributed by atoms with Crippen LogP contribution >= 0.6 is 11.3 Å². The molecule has 0 aliphatic heterocycles. The Morgan fingerprint density at radius 2 is 1.94 bits per heavy atom. The van der Waals surface area contributed by atoms with Gasteiger partial charge >= 0.3 is 0 Å². The molecule has 0 amide bonds. The van der Waals surface area contributed by atoms with Crippen molar-refractivity contribution in [3.63, 3.8) is 0 Å². The van der Waals surface area contributed by atoms with Gasteiger partial charge < -0.3 is 0 Å². The van der Waals surface area contributed by atoms with Gasteiger partial charge in [-0.05, 0) is 37.1 Å². The van der Waals surface area contributed by atoms with Crippen LogP contribution in [-0.4, -0.2) is 5.78 Å². The van der Waals surface area contributed by atoms with E-state index in [0.29, 0.717) is 4.88 Å². The molecule has 0 N–H and O–H groups in total. The second kappa shape index (κ2) is 4.98. The summed E-state index contributed by atoms with van der Waals surface area (Å²) in [5, 5.41) is 0. The van der Waals surface area contributed by atoms with Crippen LogP contribution in [0.25, 0.3) is 0 Å². The lowest BCUT2D eigenvalue weighted by Gasteiger charge is -2.01. The first kappa shape index (κ1) is 12.9. The van der Waals surface area contributed by atoms with E-state index < -0.39 is 11.6 Å². The highest BCUT2D eigenvalue weighted by atomic mass is 32.1. The third kappa shape index (κ3) is 2.64. The minimum absolute atomic E-state index is 0.0362. The molecular formula is C14H12F2OS. The van der Waals surface area contributed by atoms with Crippen molar-refractivity contribution in [3.05, 3.63) is 56.8 Å². The summed E-state index contributed by atoms with van der Waals surface area (Å²) < 4.78 is 26.2. The normalized spacial score (nSPS) is 10.7. The van der Waals surface area contributed by atoms with E-state index >= 15 is 0 Å². The number of thiophene rings is 1. The van der Waals surface area contributed by atoms with E-state index in [4.69, 9.17) is 0 Å². The molecule has 0 radical (unpaired) electrons. The number of rotatable bonds is 3. The molecule has 0 saturated carbocycles. The number of halogens is 2. The first-order valence-electron chi connectivity index (χ1n) is 5.51. The lowest BCUT2D eigenvalue weighted by atomic mass is 10.1. The number of hydrogen-bond acceptors (Lipinski definition) is 2. The maximum Gasteiger partial charge on any atom is 0.177 e. The van der Waals surface area contributed by atoms with Crippen molar-refractivity contribution >= 4 is 17.1 Å². The fourth-order valence-electron chi connectivity index (χ4n) is 1.64. The Balaban J connectivity index is 2.21.